The van der Waals surface area contributed by atoms with E-state index >= 15 is 0 Å². The van der Waals surface area contributed by atoms with Gasteiger partial charge in [-0.2, -0.15) is 0 Å². The standard InChI is InChI=1S/C23H23NO/c1-22(2)6-7-23(3,4)19-12-21-17(11-18(19)22)16-9-14-5-8-24-13-15(14)10-20(16)25-21/h5,8-13H,6-7H2,1-4H3. The number of aromatic nitrogens is 1. The van der Waals surface area contributed by atoms with Crippen molar-refractivity contribution in [3.8, 4) is 0 Å². The molecule has 2 aromatic heterocycles. The highest BCUT2D eigenvalue weighted by Crippen LogP contribution is 2.48. The van der Waals surface area contributed by atoms with Gasteiger partial charge in [0, 0.05) is 28.6 Å². The minimum Gasteiger partial charge on any atom is -0.456 e. The Balaban J connectivity index is 1.90. The zero-order valence-electron chi connectivity index (χ0n) is 15.3. The summed E-state index contributed by atoms with van der Waals surface area (Å²) in [4.78, 5) is 4.23. The van der Waals surface area contributed by atoms with Crippen molar-refractivity contribution in [1.29, 1.82) is 0 Å². The number of nitrogens with zero attached hydrogens (tertiary/aromatic N) is 1. The lowest BCUT2D eigenvalue weighted by molar-refractivity contribution is 0.332. The van der Waals surface area contributed by atoms with Crippen LogP contribution in [0.1, 0.15) is 51.7 Å². The molecule has 25 heavy (non-hydrogen) atoms. The fraction of sp³-hybridized carbons (Fsp3) is 0.348. The van der Waals surface area contributed by atoms with Crippen LogP contribution in [0.4, 0.5) is 0 Å². The molecule has 0 fully saturated rings. The lowest BCUT2D eigenvalue weighted by atomic mass is 9.63. The monoisotopic (exact) mass is 329 g/mol. The number of furan rings is 1. The van der Waals surface area contributed by atoms with Crippen LogP contribution in [0, 0.1) is 0 Å². The normalized spacial score (nSPS) is 18.7. The number of pyridine rings is 1. The third-order valence-electron chi connectivity index (χ3n) is 6.20. The van der Waals surface area contributed by atoms with Gasteiger partial charge in [-0.15, -0.1) is 0 Å². The molecular formula is C23H23NO. The molecule has 1 aliphatic rings. The number of hydrogen-bond donors (Lipinski definition) is 0. The minimum absolute atomic E-state index is 0.201. The summed E-state index contributed by atoms with van der Waals surface area (Å²) in [6, 6.07) is 11.1. The van der Waals surface area contributed by atoms with Gasteiger partial charge in [0.1, 0.15) is 11.2 Å². The van der Waals surface area contributed by atoms with Crippen molar-refractivity contribution in [3.05, 3.63) is 53.9 Å². The molecule has 126 valence electrons. The Morgan fingerprint density at radius 2 is 1.44 bits per heavy atom. The van der Waals surface area contributed by atoms with Crippen LogP contribution in [0.25, 0.3) is 32.7 Å². The van der Waals surface area contributed by atoms with E-state index in [4.69, 9.17) is 4.42 Å². The van der Waals surface area contributed by atoms with Crippen LogP contribution in [0.3, 0.4) is 0 Å². The lowest BCUT2D eigenvalue weighted by Gasteiger charge is -2.41. The number of fused-ring (bicyclic) bond motifs is 5. The van der Waals surface area contributed by atoms with Crippen molar-refractivity contribution in [2.75, 3.05) is 0 Å². The highest BCUT2D eigenvalue weighted by Gasteiger charge is 2.37. The van der Waals surface area contributed by atoms with Gasteiger partial charge in [0.25, 0.3) is 0 Å². The molecule has 0 N–H and O–H groups in total. The first-order valence-corrected chi connectivity index (χ1v) is 9.10. The maximum atomic E-state index is 6.26. The summed E-state index contributed by atoms with van der Waals surface area (Å²) >= 11 is 0. The van der Waals surface area contributed by atoms with Crippen LogP contribution in [-0.4, -0.2) is 4.98 Å². The molecule has 2 heteroatoms. The summed E-state index contributed by atoms with van der Waals surface area (Å²) in [5.74, 6) is 0. The average molecular weight is 329 g/mol. The molecule has 0 atom stereocenters. The molecule has 0 saturated carbocycles. The summed E-state index contributed by atoms with van der Waals surface area (Å²) in [6.07, 6.45) is 6.19. The van der Waals surface area contributed by atoms with Crippen molar-refractivity contribution < 1.29 is 4.42 Å². The Bertz CT molecular complexity index is 1150. The molecule has 0 bridgehead atoms. The van der Waals surface area contributed by atoms with Gasteiger partial charge in [-0.25, -0.2) is 0 Å². The van der Waals surface area contributed by atoms with E-state index in [0.717, 1.165) is 16.6 Å². The van der Waals surface area contributed by atoms with Crippen LogP contribution in [0.15, 0.2) is 47.1 Å². The van der Waals surface area contributed by atoms with Crippen molar-refractivity contribution in [3.63, 3.8) is 0 Å². The van der Waals surface area contributed by atoms with Crippen LogP contribution >= 0.6 is 0 Å². The Labute approximate surface area is 147 Å². The van der Waals surface area contributed by atoms with E-state index in [0.29, 0.717) is 0 Å². The molecule has 0 radical (unpaired) electrons. The second-order valence-corrected chi connectivity index (χ2v) is 8.83. The zero-order valence-corrected chi connectivity index (χ0v) is 15.3. The molecule has 4 aromatic rings. The summed E-state index contributed by atoms with van der Waals surface area (Å²) in [5.41, 5.74) is 5.29. The SMILES string of the molecule is CC1(C)CCC(C)(C)c2cc3c(cc21)oc1cc2cnccc2cc13. The maximum Gasteiger partial charge on any atom is 0.136 e. The predicted octanol–water partition coefficient (Wildman–Crippen LogP) is 6.48. The third kappa shape index (κ3) is 2.06. The van der Waals surface area contributed by atoms with E-state index in [9.17, 15) is 0 Å². The quantitative estimate of drug-likeness (QED) is 0.369. The minimum atomic E-state index is 0.201. The molecule has 2 heterocycles. The van der Waals surface area contributed by atoms with Gasteiger partial charge in [-0.3, -0.25) is 4.98 Å². The van der Waals surface area contributed by atoms with Crippen molar-refractivity contribution in [2.45, 2.75) is 51.4 Å². The van der Waals surface area contributed by atoms with E-state index in [2.05, 4.69) is 63.0 Å². The summed E-state index contributed by atoms with van der Waals surface area (Å²) in [6.45, 7) is 9.46. The van der Waals surface area contributed by atoms with Gasteiger partial charge in [0.2, 0.25) is 0 Å². The fourth-order valence-electron chi connectivity index (χ4n) is 4.42. The smallest absolute Gasteiger partial charge is 0.136 e. The van der Waals surface area contributed by atoms with Crippen LogP contribution in [0.5, 0.6) is 0 Å². The highest BCUT2D eigenvalue weighted by molar-refractivity contribution is 6.10. The highest BCUT2D eigenvalue weighted by atomic mass is 16.3. The molecule has 0 aliphatic heterocycles. The predicted molar refractivity (Wildman–Crippen MR) is 104 cm³/mol. The van der Waals surface area contributed by atoms with Crippen molar-refractivity contribution in [2.24, 2.45) is 0 Å². The fourth-order valence-corrected chi connectivity index (χ4v) is 4.42. The van der Waals surface area contributed by atoms with Gasteiger partial charge in [0.15, 0.2) is 0 Å². The molecule has 0 unspecified atom stereocenters. The van der Waals surface area contributed by atoms with E-state index in [1.165, 1.54) is 40.1 Å². The molecule has 2 aromatic carbocycles. The Kier molecular flexibility index (Phi) is 2.77. The summed E-state index contributed by atoms with van der Waals surface area (Å²) in [5, 5.41) is 4.77. The molecule has 0 spiro atoms. The molecule has 1 aliphatic carbocycles. The van der Waals surface area contributed by atoms with Crippen LogP contribution in [0.2, 0.25) is 0 Å². The Hall–Kier alpha value is -2.35. The van der Waals surface area contributed by atoms with Gasteiger partial charge in [-0.05, 0) is 70.5 Å². The third-order valence-corrected chi connectivity index (χ3v) is 6.20. The van der Waals surface area contributed by atoms with Gasteiger partial charge in [0.05, 0.1) is 0 Å². The first-order valence-electron chi connectivity index (χ1n) is 9.10. The molecule has 0 amide bonds. The Morgan fingerprint density at radius 1 is 0.800 bits per heavy atom. The number of benzene rings is 2. The molecule has 5 rings (SSSR count). The molecule has 0 saturated heterocycles. The summed E-state index contributed by atoms with van der Waals surface area (Å²) < 4.78 is 6.26. The van der Waals surface area contributed by atoms with E-state index in [1.54, 1.807) is 0 Å². The average Bonchev–Trinajstić information content (AvgIpc) is 2.93. The van der Waals surface area contributed by atoms with Crippen LogP contribution in [-0.2, 0) is 10.8 Å². The Morgan fingerprint density at radius 3 is 2.20 bits per heavy atom. The first-order chi connectivity index (χ1) is 11.9. The molecule has 2 nitrogen and oxygen atoms in total. The lowest BCUT2D eigenvalue weighted by Crippen LogP contribution is -2.33. The van der Waals surface area contributed by atoms with E-state index in [1.807, 2.05) is 12.4 Å². The van der Waals surface area contributed by atoms with Crippen molar-refractivity contribution in [1.82, 2.24) is 4.98 Å². The largest absolute Gasteiger partial charge is 0.456 e. The van der Waals surface area contributed by atoms with Gasteiger partial charge < -0.3 is 4.42 Å². The number of hydrogen-bond acceptors (Lipinski definition) is 2. The second-order valence-electron chi connectivity index (χ2n) is 8.83. The summed E-state index contributed by atoms with van der Waals surface area (Å²) in [7, 11) is 0. The zero-order chi connectivity index (χ0) is 17.4. The van der Waals surface area contributed by atoms with E-state index in [-0.39, 0.29) is 10.8 Å². The van der Waals surface area contributed by atoms with Crippen molar-refractivity contribution >= 4 is 32.7 Å². The van der Waals surface area contributed by atoms with Gasteiger partial charge in [-0.1, -0.05) is 27.7 Å². The molecular weight excluding hydrogens is 306 g/mol. The van der Waals surface area contributed by atoms with E-state index < -0.39 is 0 Å². The topological polar surface area (TPSA) is 26.0 Å². The second kappa shape index (κ2) is 4.63. The van der Waals surface area contributed by atoms with Crippen LogP contribution < -0.4 is 0 Å². The first kappa shape index (κ1) is 14.9. The van der Waals surface area contributed by atoms with Gasteiger partial charge >= 0.3 is 0 Å². The number of rotatable bonds is 0. The maximum absolute atomic E-state index is 6.26.